The highest BCUT2D eigenvalue weighted by atomic mass is 32.1. The fraction of sp³-hybridized carbons (Fsp3) is 0.526. The van der Waals surface area contributed by atoms with Crippen LogP contribution in [0.25, 0.3) is 10.2 Å². The number of hydrogen-bond donors (Lipinski definition) is 0. The van der Waals surface area contributed by atoms with Crippen LogP contribution in [0.1, 0.15) is 49.5 Å². The molecule has 0 saturated heterocycles. The summed E-state index contributed by atoms with van der Waals surface area (Å²) < 4.78 is 1.49. The van der Waals surface area contributed by atoms with Gasteiger partial charge in [-0.3, -0.25) is 14.2 Å². The number of rotatable bonds is 4. The molecule has 0 fully saturated rings. The van der Waals surface area contributed by atoms with Crippen molar-refractivity contribution in [1.82, 2.24) is 14.5 Å². The molecule has 0 bridgehead atoms. The SMILES string of the molecule is CCN(C(=O)Cn1cnc2sc3c(c2c1=O)CCCC3)C1=CCCC1. The summed E-state index contributed by atoms with van der Waals surface area (Å²) in [5.41, 5.74) is 2.22. The minimum absolute atomic E-state index is 0.0250. The number of thiophene rings is 1. The van der Waals surface area contributed by atoms with Crippen LogP contribution < -0.4 is 5.56 Å². The zero-order chi connectivity index (χ0) is 17.4. The predicted octanol–water partition coefficient (Wildman–Crippen LogP) is 3.25. The molecule has 132 valence electrons. The number of carbonyl (C=O) groups is 1. The van der Waals surface area contributed by atoms with Crippen molar-refractivity contribution in [3.63, 3.8) is 0 Å². The Hall–Kier alpha value is -1.95. The first-order valence-electron chi connectivity index (χ1n) is 9.18. The van der Waals surface area contributed by atoms with Gasteiger partial charge in [-0.25, -0.2) is 4.98 Å². The topological polar surface area (TPSA) is 55.2 Å². The van der Waals surface area contributed by atoms with Crippen molar-refractivity contribution in [2.24, 2.45) is 0 Å². The lowest BCUT2D eigenvalue weighted by molar-refractivity contribution is -0.129. The minimum atomic E-state index is -0.0609. The van der Waals surface area contributed by atoms with E-state index in [2.05, 4.69) is 11.1 Å². The average Bonchev–Trinajstić information content (AvgIpc) is 3.26. The van der Waals surface area contributed by atoms with Gasteiger partial charge in [0.1, 0.15) is 11.4 Å². The number of aryl methyl sites for hydroxylation is 2. The Morgan fingerprint density at radius 1 is 1.28 bits per heavy atom. The number of allylic oxidation sites excluding steroid dienone is 2. The zero-order valence-corrected chi connectivity index (χ0v) is 15.4. The number of aromatic nitrogens is 2. The number of likely N-dealkylation sites (N-methyl/N-ethyl adjacent to an activating group) is 1. The fourth-order valence-corrected chi connectivity index (χ4v) is 5.18. The Bertz CT molecular complexity index is 909. The minimum Gasteiger partial charge on any atom is -0.315 e. The Morgan fingerprint density at radius 2 is 2.12 bits per heavy atom. The van der Waals surface area contributed by atoms with E-state index in [-0.39, 0.29) is 18.0 Å². The van der Waals surface area contributed by atoms with Gasteiger partial charge in [0, 0.05) is 17.1 Å². The van der Waals surface area contributed by atoms with Gasteiger partial charge in [-0.05, 0) is 57.4 Å². The van der Waals surface area contributed by atoms with E-state index in [4.69, 9.17) is 0 Å². The Morgan fingerprint density at radius 3 is 2.88 bits per heavy atom. The highest BCUT2D eigenvalue weighted by molar-refractivity contribution is 7.18. The van der Waals surface area contributed by atoms with Crippen LogP contribution in [0.4, 0.5) is 0 Å². The summed E-state index contributed by atoms with van der Waals surface area (Å²) in [6.07, 6.45) is 11.1. The molecule has 0 aliphatic heterocycles. The van der Waals surface area contributed by atoms with E-state index in [0.29, 0.717) is 6.54 Å². The van der Waals surface area contributed by atoms with Crippen molar-refractivity contribution < 1.29 is 4.79 Å². The van der Waals surface area contributed by atoms with Gasteiger partial charge in [0.15, 0.2) is 0 Å². The van der Waals surface area contributed by atoms with Crippen LogP contribution >= 0.6 is 11.3 Å². The first kappa shape index (κ1) is 16.5. The molecule has 1 amide bonds. The number of carbonyl (C=O) groups excluding carboxylic acids is 1. The first-order valence-corrected chi connectivity index (χ1v) is 9.99. The molecule has 0 aromatic carbocycles. The van der Waals surface area contributed by atoms with E-state index >= 15 is 0 Å². The summed E-state index contributed by atoms with van der Waals surface area (Å²) in [6, 6.07) is 0. The molecular formula is C19H23N3O2S. The summed E-state index contributed by atoms with van der Waals surface area (Å²) in [6.45, 7) is 2.69. The number of hydrogen-bond acceptors (Lipinski definition) is 4. The standard InChI is InChI=1S/C19H23N3O2S/c1-2-22(13-7-3-4-8-13)16(23)11-21-12-20-18-17(19(21)24)14-9-5-6-10-15(14)25-18/h7,12H,2-6,8-11H2,1H3. The lowest BCUT2D eigenvalue weighted by atomic mass is 9.97. The molecular weight excluding hydrogens is 334 g/mol. The van der Waals surface area contributed by atoms with Gasteiger partial charge in [-0.1, -0.05) is 6.08 Å². The monoisotopic (exact) mass is 357 g/mol. The van der Waals surface area contributed by atoms with Crippen molar-refractivity contribution >= 4 is 27.5 Å². The van der Waals surface area contributed by atoms with E-state index in [1.807, 2.05) is 11.8 Å². The van der Waals surface area contributed by atoms with E-state index in [0.717, 1.165) is 54.4 Å². The Labute approximate surface area is 151 Å². The largest absolute Gasteiger partial charge is 0.315 e. The summed E-state index contributed by atoms with van der Waals surface area (Å²) in [5.74, 6) is -0.0250. The summed E-state index contributed by atoms with van der Waals surface area (Å²) in [7, 11) is 0. The van der Waals surface area contributed by atoms with Crippen LogP contribution in [0.2, 0.25) is 0 Å². The highest BCUT2D eigenvalue weighted by Gasteiger charge is 2.22. The number of fused-ring (bicyclic) bond motifs is 3. The maximum atomic E-state index is 13.0. The molecule has 4 rings (SSSR count). The van der Waals surface area contributed by atoms with E-state index in [9.17, 15) is 9.59 Å². The molecule has 6 heteroatoms. The molecule has 2 aliphatic rings. The van der Waals surface area contributed by atoms with Gasteiger partial charge < -0.3 is 4.90 Å². The first-order chi connectivity index (χ1) is 12.2. The average molecular weight is 357 g/mol. The smallest absolute Gasteiger partial charge is 0.262 e. The van der Waals surface area contributed by atoms with Crippen molar-refractivity contribution in [2.75, 3.05) is 6.54 Å². The van der Waals surface area contributed by atoms with E-state index in [1.165, 1.54) is 21.4 Å². The normalized spacial score (nSPS) is 16.8. The summed E-state index contributed by atoms with van der Waals surface area (Å²) in [4.78, 5) is 34.1. The lowest BCUT2D eigenvalue weighted by Crippen LogP contribution is -2.35. The van der Waals surface area contributed by atoms with Gasteiger partial charge in [0.2, 0.25) is 5.91 Å². The molecule has 25 heavy (non-hydrogen) atoms. The molecule has 5 nitrogen and oxygen atoms in total. The molecule has 0 saturated carbocycles. The van der Waals surface area contributed by atoms with Gasteiger partial charge in [0.25, 0.3) is 5.56 Å². The maximum absolute atomic E-state index is 13.0. The fourth-order valence-electron chi connectivity index (χ4n) is 3.96. The third-order valence-electron chi connectivity index (χ3n) is 5.23. The van der Waals surface area contributed by atoms with Gasteiger partial charge in [0.05, 0.1) is 11.7 Å². The van der Waals surface area contributed by atoms with Gasteiger partial charge in [-0.15, -0.1) is 11.3 Å². The van der Waals surface area contributed by atoms with Gasteiger partial charge >= 0.3 is 0 Å². The molecule has 2 aromatic heterocycles. The third-order valence-corrected chi connectivity index (χ3v) is 6.43. The highest BCUT2D eigenvalue weighted by Crippen LogP contribution is 2.33. The maximum Gasteiger partial charge on any atom is 0.262 e. The van der Waals surface area contributed by atoms with E-state index < -0.39 is 0 Å². The second-order valence-electron chi connectivity index (χ2n) is 6.79. The second kappa shape index (κ2) is 6.75. The molecule has 2 aliphatic carbocycles. The Balaban J connectivity index is 1.66. The second-order valence-corrected chi connectivity index (χ2v) is 7.88. The van der Waals surface area contributed by atoms with Crippen LogP contribution in [0.5, 0.6) is 0 Å². The molecule has 0 radical (unpaired) electrons. The summed E-state index contributed by atoms with van der Waals surface area (Å²) >= 11 is 1.64. The molecule has 2 heterocycles. The van der Waals surface area contributed by atoms with Crippen LogP contribution in [0.15, 0.2) is 22.9 Å². The van der Waals surface area contributed by atoms with Crippen LogP contribution in [0.3, 0.4) is 0 Å². The molecule has 0 atom stereocenters. The van der Waals surface area contributed by atoms with Crippen molar-refractivity contribution in [3.05, 3.63) is 38.9 Å². The molecule has 0 spiro atoms. The van der Waals surface area contributed by atoms with Gasteiger partial charge in [-0.2, -0.15) is 0 Å². The molecule has 0 unspecified atom stereocenters. The molecule has 0 N–H and O–H groups in total. The van der Waals surface area contributed by atoms with Crippen molar-refractivity contribution in [2.45, 2.75) is 58.4 Å². The third kappa shape index (κ3) is 2.92. The lowest BCUT2D eigenvalue weighted by Gasteiger charge is -2.22. The Kier molecular flexibility index (Phi) is 4.46. The summed E-state index contributed by atoms with van der Waals surface area (Å²) in [5, 5.41) is 0.748. The van der Waals surface area contributed by atoms with Crippen LogP contribution in [-0.4, -0.2) is 26.9 Å². The van der Waals surface area contributed by atoms with Crippen molar-refractivity contribution in [1.29, 1.82) is 0 Å². The predicted molar refractivity (Wildman–Crippen MR) is 99.8 cm³/mol. The van der Waals surface area contributed by atoms with Crippen LogP contribution in [-0.2, 0) is 24.2 Å². The quantitative estimate of drug-likeness (QED) is 0.844. The molecule has 2 aromatic rings. The zero-order valence-electron chi connectivity index (χ0n) is 14.6. The number of nitrogens with zero attached hydrogens (tertiary/aromatic N) is 3. The van der Waals surface area contributed by atoms with E-state index in [1.54, 1.807) is 17.7 Å². The number of amides is 1. The van der Waals surface area contributed by atoms with Crippen molar-refractivity contribution in [3.8, 4) is 0 Å². The van der Waals surface area contributed by atoms with Crippen LogP contribution in [0, 0.1) is 0 Å².